The number of rotatable bonds is 3. The van der Waals surface area contributed by atoms with Crippen LogP contribution in [0.4, 0.5) is 0 Å². The van der Waals surface area contributed by atoms with Gasteiger partial charge in [-0.15, -0.1) is 0 Å². The topological polar surface area (TPSA) is 50.9 Å². The van der Waals surface area contributed by atoms with E-state index in [0.717, 1.165) is 24.5 Å². The highest BCUT2D eigenvalue weighted by Crippen LogP contribution is 2.33. The van der Waals surface area contributed by atoms with Crippen molar-refractivity contribution in [1.82, 2.24) is 4.98 Å². The second kappa shape index (κ2) is 5.63. The molecule has 0 aliphatic carbocycles. The number of hydrogen-bond acceptors (Lipinski definition) is 2. The smallest absolute Gasteiger partial charge is 0.153 e. The highest BCUT2D eigenvalue weighted by Gasteiger charge is 2.29. The molecule has 0 spiro atoms. The number of hydrogen-bond donors (Lipinski definition) is 2. The quantitative estimate of drug-likeness (QED) is 0.780. The van der Waals surface area contributed by atoms with Crippen molar-refractivity contribution in [1.29, 1.82) is 0 Å². The number of benzene rings is 2. The standard InChI is InChI=1S/C19H20N2O2/c1-22-13-9-12(10-14(11-13)23-2)18-19-16(7-8-20-18)15-5-3-4-6-17(15)21-19/h3-6,9-11,18,20-21H,7-8H2,1-2H3/p+1/t18-/m1/s1. The molecule has 0 saturated carbocycles. The molecule has 3 N–H and O–H groups in total. The van der Waals surface area contributed by atoms with Crippen LogP contribution in [0, 0.1) is 0 Å². The van der Waals surface area contributed by atoms with E-state index in [2.05, 4.69) is 46.7 Å². The van der Waals surface area contributed by atoms with E-state index >= 15 is 0 Å². The molecule has 118 valence electrons. The summed E-state index contributed by atoms with van der Waals surface area (Å²) >= 11 is 0. The Hall–Kier alpha value is -2.46. The third-order valence-corrected chi connectivity index (χ3v) is 4.69. The molecule has 23 heavy (non-hydrogen) atoms. The van der Waals surface area contributed by atoms with Crippen molar-refractivity contribution in [2.75, 3.05) is 20.8 Å². The van der Waals surface area contributed by atoms with Gasteiger partial charge in [-0.25, -0.2) is 0 Å². The van der Waals surface area contributed by atoms with Crippen LogP contribution in [-0.4, -0.2) is 25.7 Å². The fraction of sp³-hybridized carbons (Fsp3) is 0.263. The first kappa shape index (κ1) is 14.2. The molecule has 0 unspecified atom stereocenters. The van der Waals surface area contributed by atoms with Gasteiger partial charge in [-0.3, -0.25) is 0 Å². The number of nitrogens with one attached hydrogen (secondary N) is 1. The summed E-state index contributed by atoms with van der Waals surface area (Å²) in [5, 5.41) is 3.72. The van der Waals surface area contributed by atoms with E-state index in [-0.39, 0.29) is 6.04 Å². The van der Waals surface area contributed by atoms with Crippen LogP contribution in [0.2, 0.25) is 0 Å². The van der Waals surface area contributed by atoms with Gasteiger partial charge in [0.2, 0.25) is 0 Å². The largest absolute Gasteiger partial charge is 0.497 e. The number of aromatic amines is 1. The van der Waals surface area contributed by atoms with Crippen LogP contribution in [0.1, 0.15) is 22.9 Å². The van der Waals surface area contributed by atoms with Crippen molar-refractivity contribution in [3.8, 4) is 11.5 Å². The van der Waals surface area contributed by atoms with Crippen LogP contribution in [0.15, 0.2) is 42.5 Å². The van der Waals surface area contributed by atoms with Crippen molar-refractivity contribution in [3.05, 3.63) is 59.3 Å². The summed E-state index contributed by atoms with van der Waals surface area (Å²) < 4.78 is 10.9. The SMILES string of the molecule is COc1cc(OC)cc([C@H]2[NH2+]CCc3c2[nH]c2ccccc32)c1. The van der Waals surface area contributed by atoms with E-state index in [9.17, 15) is 0 Å². The van der Waals surface area contributed by atoms with Crippen LogP contribution in [-0.2, 0) is 6.42 Å². The molecule has 1 aromatic heterocycles. The molecule has 3 aromatic rings. The fourth-order valence-corrected chi connectivity index (χ4v) is 3.58. The Bertz CT molecular complexity index is 831. The van der Waals surface area contributed by atoms with Gasteiger partial charge in [-0.1, -0.05) is 18.2 Å². The number of aromatic nitrogens is 1. The van der Waals surface area contributed by atoms with Crippen LogP contribution in [0.3, 0.4) is 0 Å². The minimum Gasteiger partial charge on any atom is -0.497 e. The van der Waals surface area contributed by atoms with Gasteiger partial charge in [0.25, 0.3) is 0 Å². The molecule has 1 aliphatic rings. The Morgan fingerprint density at radius 3 is 2.52 bits per heavy atom. The van der Waals surface area contributed by atoms with Crippen LogP contribution < -0.4 is 14.8 Å². The molecular weight excluding hydrogens is 288 g/mol. The van der Waals surface area contributed by atoms with Gasteiger partial charge >= 0.3 is 0 Å². The Labute approximate surface area is 135 Å². The van der Waals surface area contributed by atoms with E-state index in [1.165, 1.54) is 27.7 Å². The Kier molecular flexibility index (Phi) is 3.46. The lowest BCUT2D eigenvalue weighted by Crippen LogP contribution is -2.87. The first-order valence-corrected chi connectivity index (χ1v) is 7.96. The fourth-order valence-electron chi connectivity index (χ4n) is 3.58. The summed E-state index contributed by atoms with van der Waals surface area (Å²) in [4.78, 5) is 3.63. The Balaban J connectivity index is 1.86. The average molecular weight is 309 g/mol. The number of quaternary nitrogens is 1. The molecule has 2 heterocycles. The predicted octanol–water partition coefficient (Wildman–Crippen LogP) is 2.39. The molecule has 0 radical (unpaired) electrons. The number of para-hydroxylation sites is 1. The maximum absolute atomic E-state index is 5.43. The summed E-state index contributed by atoms with van der Waals surface area (Å²) in [7, 11) is 3.38. The summed E-state index contributed by atoms with van der Waals surface area (Å²) in [6, 6.07) is 14.9. The molecule has 2 aromatic carbocycles. The monoisotopic (exact) mass is 309 g/mol. The van der Waals surface area contributed by atoms with E-state index < -0.39 is 0 Å². The third-order valence-electron chi connectivity index (χ3n) is 4.69. The molecule has 1 aliphatic heterocycles. The summed E-state index contributed by atoms with van der Waals surface area (Å²) in [5.74, 6) is 1.66. The number of ether oxygens (including phenoxy) is 2. The molecule has 4 heteroatoms. The molecule has 0 fully saturated rings. The lowest BCUT2D eigenvalue weighted by Gasteiger charge is -2.22. The molecular formula is C19H21N2O2+. The van der Waals surface area contributed by atoms with Gasteiger partial charge in [0.1, 0.15) is 11.5 Å². The van der Waals surface area contributed by atoms with E-state index in [1.54, 1.807) is 14.2 Å². The van der Waals surface area contributed by atoms with Gasteiger partial charge < -0.3 is 19.8 Å². The molecule has 4 rings (SSSR count). The highest BCUT2D eigenvalue weighted by molar-refractivity contribution is 5.85. The van der Waals surface area contributed by atoms with Gasteiger partial charge in [0.05, 0.1) is 26.5 Å². The van der Waals surface area contributed by atoms with Gasteiger partial charge in [0, 0.05) is 29.0 Å². The lowest BCUT2D eigenvalue weighted by molar-refractivity contribution is -0.690. The molecule has 0 amide bonds. The van der Waals surface area contributed by atoms with Gasteiger partial charge in [0.15, 0.2) is 6.04 Å². The minimum atomic E-state index is 0.246. The number of methoxy groups -OCH3 is 2. The van der Waals surface area contributed by atoms with Crippen molar-refractivity contribution in [3.63, 3.8) is 0 Å². The summed E-state index contributed by atoms with van der Waals surface area (Å²) in [5.41, 5.74) is 5.16. The zero-order valence-electron chi connectivity index (χ0n) is 13.4. The second-order valence-electron chi connectivity index (χ2n) is 5.96. The number of fused-ring (bicyclic) bond motifs is 3. The summed E-state index contributed by atoms with van der Waals surface area (Å²) in [6.45, 7) is 1.08. The maximum Gasteiger partial charge on any atom is 0.153 e. The van der Waals surface area contributed by atoms with Crippen molar-refractivity contribution >= 4 is 10.9 Å². The first-order chi connectivity index (χ1) is 11.3. The highest BCUT2D eigenvalue weighted by atomic mass is 16.5. The average Bonchev–Trinajstić information content (AvgIpc) is 3.00. The van der Waals surface area contributed by atoms with Crippen molar-refractivity contribution in [2.45, 2.75) is 12.5 Å². The Morgan fingerprint density at radius 1 is 1.04 bits per heavy atom. The zero-order chi connectivity index (χ0) is 15.8. The van der Waals surface area contributed by atoms with E-state index in [4.69, 9.17) is 9.47 Å². The van der Waals surface area contributed by atoms with Crippen molar-refractivity contribution in [2.24, 2.45) is 0 Å². The molecule has 1 atom stereocenters. The van der Waals surface area contributed by atoms with E-state index in [0.29, 0.717) is 0 Å². The Morgan fingerprint density at radius 2 is 1.78 bits per heavy atom. The van der Waals surface area contributed by atoms with Crippen molar-refractivity contribution < 1.29 is 14.8 Å². The van der Waals surface area contributed by atoms with Gasteiger partial charge in [-0.2, -0.15) is 0 Å². The number of nitrogens with two attached hydrogens (primary N) is 1. The van der Waals surface area contributed by atoms with Crippen LogP contribution >= 0.6 is 0 Å². The summed E-state index contributed by atoms with van der Waals surface area (Å²) in [6.07, 6.45) is 1.09. The van der Waals surface area contributed by atoms with Gasteiger partial charge in [-0.05, 0) is 23.8 Å². The molecule has 0 bridgehead atoms. The lowest BCUT2D eigenvalue weighted by atomic mass is 9.94. The normalized spacial score (nSPS) is 17.0. The zero-order valence-corrected chi connectivity index (χ0v) is 13.4. The first-order valence-electron chi connectivity index (χ1n) is 7.96. The minimum absolute atomic E-state index is 0.246. The maximum atomic E-state index is 5.43. The van der Waals surface area contributed by atoms with Crippen LogP contribution in [0.25, 0.3) is 10.9 Å². The van der Waals surface area contributed by atoms with E-state index in [1.807, 2.05) is 6.07 Å². The number of H-pyrrole nitrogens is 1. The third kappa shape index (κ3) is 2.35. The predicted molar refractivity (Wildman–Crippen MR) is 90.2 cm³/mol. The van der Waals surface area contributed by atoms with Crippen LogP contribution in [0.5, 0.6) is 11.5 Å². The molecule has 4 nitrogen and oxygen atoms in total. The molecule has 0 saturated heterocycles. The second-order valence-corrected chi connectivity index (χ2v) is 5.96.